The molecule has 0 bridgehead atoms. The molecule has 45 heavy (non-hydrogen) atoms. The van der Waals surface area contributed by atoms with Crippen molar-refractivity contribution in [3.8, 4) is 0 Å². The number of unbranched alkanes of at least 4 members (excludes halogenated alkanes) is 13. The van der Waals surface area contributed by atoms with Gasteiger partial charge in [-0.1, -0.05) is 97.0 Å². The Hall–Kier alpha value is -1.39. The lowest BCUT2D eigenvalue weighted by atomic mass is 9.95. The number of carboxylic acid groups (broad SMARTS) is 1. The number of hydrogen-bond acceptors (Lipinski definition) is 12. The zero-order valence-corrected chi connectivity index (χ0v) is 27.0. The highest BCUT2D eigenvalue weighted by molar-refractivity contribution is 5.32. The molecule has 0 aromatic carbocycles. The molecule has 2 aliphatic rings. The third-order valence-corrected chi connectivity index (χ3v) is 8.18. The second kappa shape index (κ2) is 24.7. The molecule has 266 valence electrons. The lowest BCUT2D eigenvalue weighted by Gasteiger charge is -2.40. The van der Waals surface area contributed by atoms with Crippen LogP contribution in [-0.4, -0.2) is 117 Å². The molecular weight excluding hydrogens is 592 g/mol. The summed E-state index contributed by atoms with van der Waals surface area (Å²) in [6.45, 7) is 4.85. The Morgan fingerprint density at radius 1 is 0.800 bits per heavy atom. The smallest absolute Gasteiger partial charge is 0.290 e. The van der Waals surface area contributed by atoms with Gasteiger partial charge in [-0.3, -0.25) is 4.79 Å². The van der Waals surface area contributed by atoms with Gasteiger partial charge in [-0.2, -0.15) is 4.89 Å². The van der Waals surface area contributed by atoms with Gasteiger partial charge in [-0.05, 0) is 6.42 Å². The molecule has 0 spiro atoms. The Morgan fingerprint density at radius 2 is 1.29 bits per heavy atom. The van der Waals surface area contributed by atoms with E-state index in [2.05, 4.69) is 13.5 Å². The topological polar surface area (TPSA) is 205 Å². The average molecular weight is 653 g/mol. The molecule has 7 unspecified atom stereocenters. The fraction of sp³-hybridized carbons (Fsp3) is 0.906. The molecular formula is C32H60O13. The van der Waals surface area contributed by atoms with E-state index in [1.807, 2.05) is 0 Å². The van der Waals surface area contributed by atoms with E-state index in [1.165, 1.54) is 77.0 Å². The summed E-state index contributed by atoms with van der Waals surface area (Å²) in [5.41, 5.74) is 0. The summed E-state index contributed by atoms with van der Waals surface area (Å²) in [6.07, 6.45) is 10.3. The Morgan fingerprint density at radius 3 is 1.78 bits per heavy atom. The first-order chi connectivity index (χ1) is 21.6. The van der Waals surface area contributed by atoms with Crippen LogP contribution in [0.1, 0.15) is 110 Å². The predicted molar refractivity (Wildman–Crippen MR) is 165 cm³/mol. The monoisotopic (exact) mass is 652 g/mol. The molecule has 0 aromatic heterocycles. The van der Waals surface area contributed by atoms with E-state index in [9.17, 15) is 30.6 Å². The molecule has 2 aliphatic heterocycles. The van der Waals surface area contributed by atoms with E-state index in [4.69, 9.17) is 33.9 Å². The second-order valence-corrected chi connectivity index (χ2v) is 12.1. The summed E-state index contributed by atoms with van der Waals surface area (Å²) in [5.74, 6) is -1.69. The minimum atomic E-state index is -2.15. The van der Waals surface area contributed by atoms with Crippen LogP contribution in [0.2, 0.25) is 0 Å². The van der Waals surface area contributed by atoms with Gasteiger partial charge < -0.3 is 54.8 Å². The van der Waals surface area contributed by atoms with Crippen molar-refractivity contribution in [3.05, 3.63) is 12.3 Å². The van der Waals surface area contributed by atoms with Gasteiger partial charge in [0.15, 0.2) is 5.79 Å². The van der Waals surface area contributed by atoms with Crippen LogP contribution in [0.4, 0.5) is 0 Å². The zero-order valence-electron chi connectivity index (χ0n) is 27.0. The molecule has 0 saturated carbocycles. The minimum absolute atomic E-state index is 0.158. The van der Waals surface area contributed by atoms with Crippen LogP contribution in [0.15, 0.2) is 12.3 Å². The quantitative estimate of drug-likeness (QED) is 0.0200. The summed E-state index contributed by atoms with van der Waals surface area (Å²) < 4.78 is 16.5. The van der Waals surface area contributed by atoms with E-state index in [1.54, 1.807) is 0 Å². The van der Waals surface area contributed by atoms with Gasteiger partial charge in [0.1, 0.15) is 49.0 Å². The van der Waals surface area contributed by atoms with Crippen molar-refractivity contribution < 1.29 is 64.5 Å². The van der Waals surface area contributed by atoms with Crippen molar-refractivity contribution >= 4 is 6.47 Å². The lowest BCUT2D eigenvalue weighted by molar-refractivity contribution is -0.310. The van der Waals surface area contributed by atoms with Gasteiger partial charge in [-0.15, -0.1) is 0 Å². The van der Waals surface area contributed by atoms with Crippen molar-refractivity contribution in [2.45, 2.75) is 158 Å². The Bertz CT molecular complexity index is 753. The van der Waals surface area contributed by atoms with Crippen LogP contribution in [-0.2, 0) is 28.8 Å². The SMILES string of the molecule is C=C(CCCCCCCCCCCCCCCC)OOCC1OC(COCC2OC(CO)CC2(O)O)C(O)C(O)C1O.O=CO. The Balaban J connectivity index is 0.00000324. The van der Waals surface area contributed by atoms with E-state index in [0.29, 0.717) is 12.2 Å². The van der Waals surface area contributed by atoms with Gasteiger partial charge in [0.2, 0.25) is 0 Å². The maximum absolute atomic E-state index is 10.3. The van der Waals surface area contributed by atoms with Crippen LogP contribution in [0, 0.1) is 0 Å². The Kier molecular flexibility index (Phi) is 22.9. The standard InChI is InChI=1S/C31H58O11.CH2O2/c1-3-4-5-6-7-8-9-10-11-12-13-14-15-16-17-23(2)42-39-21-26-29(34)30(35)28(33)25(41-26)20-38-22-27-31(36,37)18-24(19-32)40-27;2-1-3/h24-30,32-37H,2-22H2,1H3;1H,(H,2,3). The van der Waals surface area contributed by atoms with E-state index in [0.717, 1.165) is 12.8 Å². The van der Waals surface area contributed by atoms with Gasteiger partial charge >= 0.3 is 0 Å². The Labute approximate surface area is 268 Å². The molecule has 2 saturated heterocycles. The average Bonchev–Trinajstić information content (AvgIpc) is 3.31. The molecule has 0 amide bonds. The number of carbonyl (C=O) groups is 1. The number of aliphatic hydroxyl groups is 6. The first kappa shape index (κ1) is 41.6. The van der Waals surface area contributed by atoms with Gasteiger partial charge in [0, 0.05) is 12.8 Å². The third kappa shape index (κ3) is 17.4. The van der Waals surface area contributed by atoms with Crippen LogP contribution in [0.3, 0.4) is 0 Å². The maximum atomic E-state index is 10.3. The van der Waals surface area contributed by atoms with Crippen LogP contribution in [0.25, 0.3) is 0 Å². The number of hydrogen-bond donors (Lipinski definition) is 7. The first-order valence-corrected chi connectivity index (χ1v) is 16.6. The fourth-order valence-electron chi connectivity index (χ4n) is 5.47. The van der Waals surface area contributed by atoms with E-state index < -0.39 is 48.5 Å². The van der Waals surface area contributed by atoms with Crippen LogP contribution < -0.4 is 0 Å². The summed E-state index contributed by atoms with van der Waals surface area (Å²) >= 11 is 0. The van der Waals surface area contributed by atoms with Crippen LogP contribution >= 0.6 is 0 Å². The number of allylic oxidation sites excluding steroid dienone is 1. The molecule has 7 N–H and O–H groups in total. The number of ether oxygens (including phenoxy) is 3. The molecule has 2 fully saturated rings. The second-order valence-electron chi connectivity index (χ2n) is 12.1. The van der Waals surface area contributed by atoms with E-state index in [-0.39, 0.29) is 39.3 Å². The molecule has 0 aromatic rings. The summed E-state index contributed by atoms with van der Waals surface area (Å²) in [5, 5.41) is 67.0. The lowest BCUT2D eigenvalue weighted by Crippen LogP contribution is -2.59. The third-order valence-electron chi connectivity index (χ3n) is 8.18. The summed E-state index contributed by atoms with van der Waals surface area (Å²) in [4.78, 5) is 18.8. The van der Waals surface area contributed by atoms with Crippen molar-refractivity contribution in [2.24, 2.45) is 0 Å². The minimum Gasteiger partial charge on any atom is -0.483 e. The van der Waals surface area contributed by atoms with Crippen molar-refractivity contribution in [3.63, 3.8) is 0 Å². The molecule has 7 atom stereocenters. The van der Waals surface area contributed by atoms with Crippen molar-refractivity contribution in [2.75, 3.05) is 26.4 Å². The summed E-state index contributed by atoms with van der Waals surface area (Å²) in [6, 6.07) is 0. The predicted octanol–water partition coefficient (Wildman–Crippen LogP) is 2.72. The molecule has 13 heteroatoms. The van der Waals surface area contributed by atoms with Gasteiger partial charge in [0.25, 0.3) is 6.47 Å². The maximum Gasteiger partial charge on any atom is 0.290 e. The zero-order chi connectivity index (χ0) is 33.5. The molecule has 2 rings (SSSR count). The number of aliphatic hydroxyl groups excluding tert-OH is 4. The normalized spacial score (nSPS) is 27.5. The highest BCUT2D eigenvalue weighted by Crippen LogP contribution is 2.29. The van der Waals surface area contributed by atoms with Crippen LogP contribution in [0.5, 0.6) is 0 Å². The molecule has 2 heterocycles. The van der Waals surface area contributed by atoms with Gasteiger partial charge in [-0.25, -0.2) is 0 Å². The van der Waals surface area contributed by atoms with Gasteiger partial charge in [0.05, 0.1) is 25.9 Å². The van der Waals surface area contributed by atoms with E-state index >= 15 is 0 Å². The summed E-state index contributed by atoms with van der Waals surface area (Å²) in [7, 11) is 0. The fourth-order valence-corrected chi connectivity index (χ4v) is 5.47. The molecule has 0 aliphatic carbocycles. The highest BCUT2D eigenvalue weighted by Gasteiger charge is 2.47. The first-order valence-electron chi connectivity index (χ1n) is 16.6. The van der Waals surface area contributed by atoms with Crippen molar-refractivity contribution in [1.29, 1.82) is 0 Å². The molecule has 13 nitrogen and oxygen atoms in total. The number of rotatable bonds is 24. The van der Waals surface area contributed by atoms with Crippen molar-refractivity contribution in [1.82, 2.24) is 0 Å². The highest BCUT2D eigenvalue weighted by atomic mass is 17.2. The molecule has 0 radical (unpaired) electrons. The largest absolute Gasteiger partial charge is 0.483 e.